The second kappa shape index (κ2) is 7.54. The van der Waals surface area contributed by atoms with E-state index < -0.39 is 0 Å². The Hall–Kier alpha value is -1.02. The molecule has 0 aliphatic carbocycles. The number of hydrogen-bond acceptors (Lipinski definition) is 2. The van der Waals surface area contributed by atoms with Gasteiger partial charge in [0.25, 0.3) is 0 Å². The molecule has 0 heterocycles. The van der Waals surface area contributed by atoms with Crippen molar-refractivity contribution in [3.63, 3.8) is 0 Å². The van der Waals surface area contributed by atoms with Gasteiger partial charge in [0.2, 0.25) is 0 Å². The number of benzene rings is 1. The minimum atomic E-state index is 0.325. The Morgan fingerprint density at radius 3 is 2.58 bits per heavy atom. The van der Waals surface area contributed by atoms with Crippen LogP contribution in [0.15, 0.2) is 24.3 Å². The van der Waals surface area contributed by atoms with Crippen LogP contribution >= 0.6 is 0 Å². The van der Waals surface area contributed by atoms with Crippen molar-refractivity contribution >= 4 is 0 Å². The zero-order valence-electron chi connectivity index (χ0n) is 13.1. The standard InChI is InChI=1S/C17H29NO/c1-14(2)9-10-19-16-8-6-7-15(11-16)12-18-13-17(3,4)5/h6-8,11,14,18H,9-10,12-13H2,1-5H3. The first kappa shape index (κ1) is 16.0. The molecule has 0 bridgehead atoms. The summed E-state index contributed by atoms with van der Waals surface area (Å²) in [4.78, 5) is 0. The Kier molecular flexibility index (Phi) is 6.36. The first-order valence-corrected chi connectivity index (χ1v) is 7.29. The van der Waals surface area contributed by atoms with E-state index in [2.05, 4.69) is 58.1 Å². The Bertz CT molecular complexity index is 366. The molecule has 0 aliphatic rings. The van der Waals surface area contributed by atoms with Gasteiger partial charge < -0.3 is 10.1 Å². The van der Waals surface area contributed by atoms with Gasteiger partial charge >= 0.3 is 0 Å². The molecule has 2 nitrogen and oxygen atoms in total. The minimum Gasteiger partial charge on any atom is -0.494 e. The Labute approximate surface area is 118 Å². The molecule has 2 heteroatoms. The maximum Gasteiger partial charge on any atom is 0.119 e. The maximum absolute atomic E-state index is 5.78. The summed E-state index contributed by atoms with van der Waals surface area (Å²) in [6.07, 6.45) is 1.10. The highest BCUT2D eigenvalue weighted by Crippen LogP contribution is 2.15. The van der Waals surface area contributed by atoms with Crippen LogP contribution in [-0.4, -0.2) is 13.2 Å². The largest absolute Gasteiger partial charge is 0.494 e. The highest BCUT2D eigenvalue weighted by molar-refractivity contribution is 5.28. The SMILES string of the molecule is CC(C)CCOc1cccc(CNCC(C)(C)C)c1. The predicted molar refractivity (Wildman–Crippen MR) is 82.6 cm³/mol. The van der Waals surface area contributed by atoms with Gasteiger partial charge in [-0.15, -0.1) is 0 Å². The quantitative estimate of drug-likeness (QED) is 0.794. The molecule has 0 saturated heterocycles. The summed E-state index contributed by atoms with van der Waals surface area (Å²) in [5, 5.41) is 3.49. The van der Waals surface area contributed by atoms with Gasteiger partial charge in [0.05, 0.1) is 6.61 Å². The molecule has 0 spiro atoms. The van der Waals surface area contributed by atoms with Gasteiger partial charge in [-0.3, -0.25) is 0 Å². The lowest BCUT2D eigenvalue weighted by molar-refractivity contribution is 0.289. The van der Waals surface area contributed by atoms with Crippen molar-refractivity contribution in [1.29, 1.82) is 0 Å². The first-order valence-electron chi connectivity index (χ1n) is 7.29. The molecule has 1 aromatic rings. The smallest absolute Gasteiger partial charge is 0.119 e. The van der Waals surface area contributed by atoms with Crippen molar-refractivity contribution < 1.29 is 4.74 Å². The highest BCUT2D eigenvalue weighted by atomic mass is 16.5. The monoisotopic (exact) mass is 263 g/mol. The van der Waals surface area contributed by atoms with Crippen LogP contribution in [0.4, 0.5) is 0 Å². The number of hydrogen-bond donors (Lipinski definition) is 1. The summed E-state index contributed by atoms with van der Waals surface area (Å²) >= 11 is 0. The lowest BCUT2D eigenvalue weighted by Gasteiger charge is -2.19. The number of nitrogens with one attached hydrogen (secondary N) is 1. The predicted octanol–water partition coefficient (Wildman–Crippen LogP) is 4.25. The van der Waals surface area contributed by atoms with Crippen molar-refractivity contribution in [2.75, 3.05) is 13.2 Å². The van der Waals surface area contributed by atoms with E-state index in [1.54, 1.807) is 0 Å². The molecule has 0 atom stereocenters. The van der Waals surface area contributed by atoms with Crippen LogP contribution in [0, 0.1) is 11.3 Å². The van der Waals surface area contributed by atoms with Crippen LogP contribution in [0.5, 0.6) is 5.75 Å². The summed E-state index contributed by atoms with van der Waals surface area (Å²) in [5.41, 5.74) is 1.61. The number of rotatable bonds is 7. The van der Waals surface area contributed by atoms with E-state index >= 15 is 0 Å². The molecule has 19 heavy (non-hydrogen) atoms. The fourth-order valence-electron chi connectivity index (χ4n) is 1.74. The van der Waals surface area contributed by atoms with Gasteiger partial charge in [0, 0.05) is 13.1 Å². The van der Waals surface area contributed by atoms with Gasteiger partial charge in [-0.1, -0.05) is 46.8 Å². The third-order valence-electron chi connectivity index (χ3n) is 2.85. The fraction of sp³-hybridized carbons (Fsp3) is 0.647. The Morgan fingerprint density at radius 1 is 1.21 bits per heavy atom. The molecule has 0 amide bonds. The summed E-state index contributed by atoms with van der Waals surface area (Å²) in [7, 11) is 0. The molecule has 1 N–H and O–H groups in total. The summed E-state index contributed by atoms with van der Waals surface area (Å²) < 4.78 is 5.78. The Balaban J connectivity index is 2.39. The van der Waals surface area contributed by atoms with Crippen LogP contribution < -0.4 is 10.1 Å². The molecule has 0 radical (unpaired) electrons. The van der Waals surface area contributed by atoms with Crippen LogP contribution in [0.2, 0.25) is 0 Å². The number of ether oxygens (including phenoxy) is 1. The molecule has 0 saturated carbocycles. The van der Waals surface area contributed by atoms with Gasteiger partial charge in [0.1, 0.15) is 5.75 Å². The van der Waals surface area contributed by atoms with Crippen molar-refractivity contribution in [2.45, 2.75) is 47.6 Å². The topological polar surface area (TPSA) is 21.3 Å². The molecular formula is C17H29NO. The summed E-state index contributed by atoms with van der Waals surface area (Å²) in [5.74, 6) is 1.67. The molecule has 0 unspecified atom stereocenters. The zero-order valence-corrected chi connectivity index (χ0v) is 13.1. The molecule has 1 rings (SSSR count). The van der Waals surface area contributed by atoms with Crippen molar-refractivity contribution in [3.05, 3.63) is 29.8 Å². The normalized spacial score (nSPS) is 11.9. The van der Waals surface area contributed by atoms with E-state index in [0.29, 0.717) is 11.3 Å². The van der Waals surface area contributed by atoms with Crippen LogP contribution in [0.1, 0.15) is 46.6 Å². The van der Waals surface area contributed by atoms with Crippen LogP contribution in [0.3, 0.4) is 0 Å². The van der Waals surface area contributed by atoms with E-state index in [-0.39, 0.29) is 0 Å². The summed E-state index contributed by atoms with van der Waals surface area (Å²) in [6, 6.07) is 8.38. The molecule has 0 fully saturated rings. The lowest BCUT2D eigenvalue weighted by Crippen LogP contribution is -2.26. The highest BCUT2D eigenvalue weighted by Gasteiger charge is 2.08. The third kappa shape index (κ3) is 7.89. The average molecular weight is 263 g/mol. The van der Waals surface area contributed by atoms with E-state index in [9.17, 15) is 0 Å². The van der Waals surface area contributed by atoms with Crippen molar-refractivity contribution in [1.82, 2.24) is 5.32 Å². The second-order valence-corrected chi connectivity index (χ2v) is 6.84. The van der Waals surface area contributed by atoms with E-state index in [1.807, 2.05) is 6.07 Å². The molecule has 108 valence electrons. The van der Waals surface area contributed by atoms with Gasteiger partial charge in [0.15, 0.2) is 0 Å². The Morgan fingerprint density at radius 2 is 1.95 bits per heavy atom. The van der Waals surface area contributed by atoms with Crippen molar-refractivity contribution in [3.8, 4) is 5.75 Å². The van der Waals surface area contributed by atoms with E-state index in [1.165, 1.54) is 5.56 Å². The fourth-order valence-corrected chi connectivity index (χ4v) is 1.74. The van der Waals surface area contributed by atoms with E-state index in [4.69, 9.17) is 4.74 Å². The first-order chi connectivity index (χ1) is 8.87. The maximum atomic E-state index is 5.78. The lowest BCUT2D eigenvalue weighted by atomic mass is 9.97. The zero-order chi connectivity index (χ0) is 14.3. The molecular weight excluding hydrogens is 234 g/mol. The average Bonchev–Trinajstić information content (AvgIpc) is 2.27. The summed E-state index contributed by atoms with van der Waals surface area (Å²) in [6.45, 7) is 13.9. The molecule has 0 aromatic heterocycles. The minimum absolute atomic E-state index is 0.325. The van der Waals surface area contributed by atoms with Gasteiger partial charge in [-0.2, -0.15) is 0 Å². The van der Waals surface area contributed by atoms with E-state index in [0.717, 1.165) is 31.9 Å². The molecule has 0 aliphatic heterocycles. The van der Waals surface area contributed by atoms with Crippen LogP contribution in [0.25, 0.3) is 0 Å². The van der Waals surface area contributed by atoms with Gasteiger partial charge in [-0.05, 0) is 35.4 Å². The van der Waals surface area contributed by atoms with Crippen LogP contribution in [-0.2, 0) is 6.54 Å². The molecule has 1 aromatic carbocycles. The third-order valence-corrected chi connectivity index (χ3v) is 2.85. The van der Waals surface area contributed by atoms with Gasteiger partial charge in [-0.25, -0.2) is 0 Å². The van der Waals surface area contributed by atoms with Crippen molar-refractivity contribution in [2.24, 2.45) is 11.3 Å². The second-order valence-electron chi connectivity index (χ2n) is 6.84.